The molecule has 7 rings (SSSR count). The lowest BCUT2D eigenvalue weighted by atomic mass is 9.78. The monoisotopic (exact) mass is 711 g/mol. The quantitative estimate of drug-likeness (QED) is 0.100. The molecule has 1 spiro atoms. The molecule has 0 fully saturated rings. The van der Waals surface area contributed by atoms with Gasteiger partial charge in [-0.1, -0.05) is 93.3 Å². The Morgan fingerprint density at radius 3 is 1.94 bits per heavy atom. The first kappa shape index (κ1) is 36.0. The number of rotatable bonds is 11. The highest BCUT2D eigenvalue weighted by atomic mass is 16.6. The van der Waals surface area contributed by atoms with Crippen LogP contribution < -0.4 is 14.5 Å². The van der Waals surface area contributed by atoms with Crippen LogP contribution in [-0.4, -0.2) is 11.0 Å². The van der Waals surface area contributed by atoms with E-state index in [4.69, 9.17) is 9.47 Å². The first-order valence-electron chi connectivity index (χ1n) is 18.6. The van der Waals surface area contributed by atoms with Crippen molar-refractivity contribution < 1.29 is 14.3 Å². The average Bonchev–Trinajstić information content (AvgIpc) is 3.49. The molecule has 0 radical (unpaired) electrons. The number of nitrogens with zero attached hydrogens (tertiary/aromatic N) is 3. The SMILES string of the molecule is C=C(/C=C\C=C/C)N(c1ccc2c(c1)Oc1cc(N(/C(C)=C/C=C\C)c3ccccc3CC)ccc1C21OC(=O)c2ncccc21)c1ccccc1CC. The lowest BCUT2D eigenvalue weighted by Crippen LogP contribution is -2.33. The van der Waals surface area contributed by atoms with Gasteiger partial charge in [0.15, 0.2) is 11.3 Å². The lowest BCUT2D eigenvalue weighted by Gasteiger charge is -2.38. The molecule has 2 aliphatic rings. The number of aryl methyl sites for hydroxylation is 2. The van der Waals surface area contributed by atoms with E-state index in [1.807, 2.05) is 92.8 Å². The minimum absolute atomic E-state index is 0.300. The highest BCUT2D eigenvalue weighted by molar-refractivity contribution is 5.95. The number of para-hydroxylation sites is 2. The van der Waals surface area contributed by atoms with E-state index in [1.165, 1.54) is 11.1 Å². The van der Waals surface area contributed by atoms with Gasteiger partial charge in [0, 0.05) is 69.2 Å². The van der Waals surface area contributed by atoms with Gasteiger partial charge in [-0.3, -0.25) is 0 Å². The molecule has 0 amide bonds. The number of anilines is 4. The summed E-state index contributed by atoms with van der Waals surface area (Å²) in [5.74, 6) is 0.696. The minimum Gasteiger partial charge on any atom is -0.456 e. The number of carbonyl (C=O) groups is 1. The number of hydrogen-bond acceptors (Lipinski definition) is 6. The fourth-order valence-electron chi connectivity index (χ4n) is 7.52. The molecule has 54 heavy (non-hydrogen) atoms. The predicted molar refractivity (Wildman–Crippen MR) is 220 cm³/mol. The van der Waals surface area contributed by atoms with Crippen LogP contribution in [0, 0.1) is 0 Å². The second kappa shape index (κ2) is 15.3. The minimum atomic E-state index is -1.27. The van der Waals surface area contributed by atoms with Gasteiger partial charge in [-0.25, -0.2) is 9.78 Å². The highest BCUT2D eigenvalue weighted by Gasteiger charge is 2.54. The normalized spacial score (nSPS) is 16.0. The van der Waals surface area contributed by atoms with Crippen molar-refractivity contribution in [2.24, 2.45) is 0 Å². The van der Waals surface area contributed by atoms with E-state index in [0.29, 0.717) is 22.8 Å². The second-order valence-corrected chi connectivity index (χ2v) is 13.3. The molecule has 270 valence electrons. The van der Waals surface area contributed by atoms with E-state index in [1.54, 1.807) is 6.20 Å². The summed E-state index contributed by atoms with van der Waals surface area (Å²) in [7, 11) is 0. The van der Waals surface area contributed by atoms with E-state index in [-0.39, 0.29) is 0 Å². The zero-order valence-electron chi connectivity index (χ0n) is 31.5. The fourth-order valence-corrected chi connectivity index (χ4v) is 7.52. The third-order valence-electron chi connectivity index (χ3n) is 10.0. The molecule has 0 N–H and O–H groups in total. The summed E-state index contributed by atoms with van der Waals surface area (Å²) >= 11 is 0. The first-order chi connectivity index (χ1) is 26.4. The number of ether oxygens (including phenoxy) is 2. The van der Waals surface area contributed by atoms with Gasteiger partial charge >= 0.3 is 5.97 Å². The number of hydrogen-bond donors (Lipinski definition) is 0. The van der Waals surface area contributed by atoms with Crippen LogP contribution >= 0.6 is 0 Å². The first-order valence-corrected chi connectivity index (χ1v) is 18.6. The third kappa shape index (κ3) is 6.24. The molecule has 4 aromatic carbocycles. The fraction of sp³-hybridized carbons (Fsp3) is 0.167. The van der Waals surface area contributed by atoms with E-state index in [9.17, 15) is 4.79 Å². The number of benzene rings is 4. The van der Waals surface area contributed by atoms with Crippen LogP contribution in [-0.2, 0) is 23.2 Å². The Labute approximate surface area is 318 Å². The second-order valence-electron chi connectivity index (χ2n) is 13.3. The molecule has 6 nitrogen and oxygen atoms in total. The van der Waals surface area contributed by atoms with Crippen molar-refractivity contribution in [3.05, 3.63) is 197 Å². The van der Waals surface area contributed by atoms with E-state index in [0.717, 1.165) is 58.1 Å². The molecule has 1 unspecified atom stereocenters. The smallest absolute Gasteiger partial charge is 0.358 e. The Morgan fingerprint density at radius 1 is 0.741 bits per heavy atom. The molecule has 0 saturated heterocycles. The van der Waals surface area contributed by atoms with Gasteiger partial charge in [-0.15, -0.1) is 0 Å². The van der Waals surface area contributed by atoms with Crippen LogP contribution in [0.4, 0.5) is 22.7 Å². The molecule has 5 aromatic rings. The molecule has 0 bridgehead atoms. The maximum Gasteiger partial charge on any atom is 0.358 e. The van der Waals surface area contributed by atoms with Crippen LogP contribution in [0.2, 0.25) is 0 Å². The number of fused-ring (bicyclic) bond motifs is 6. The Balaban J connectivity index is 1.45. The number of esters is 1. The number of pyridine rings is 1. The standard InChI is InChI=1S/C48H45N3O3/c1-7-11-13-20-34(6)51(43-25-17-15-22-36(43)10-4)38-27-29-40-45(32-38)53-44-31-37(50(33(5)19-12-8-2)42-24-16-14-21-35(42)9-3)26-28-39(44)48(40)41-23-18-30-49-46(41)47(52)54-48/h7-8,11-32H,6,9-10H2,1-5H3/b11-7-,12-8-,20-13-,33-19+. The summed E-state index contributed by atoms with van der Waals surface area (Å²) in [5.41, 5.74) is 9.30. The van der Waals surface area contributed by atoms with Crippen molar-refractivity contribution in [2.45, 2.75) is 53.1 Å². The zero-order chi connectivity index (χ0) is 37.8. The molecule has 1 atom stereocenters. The Hall–Kier alpha value is -6.40. The van der Waals surface area contributed by atoms with Crippen molar-refractivity contribution in [3.8, 4) is 11.5 Å². The van der Waals surface area contributed by atoms with Gasteiger partial charge in [-0.2, -0.15) is 0 Å². The van der Waals surface area contributed by atoms with Crippen LogP contribution in [0.25, 0.3) is 0 Å². The van der Waals surface area contributed by atoms with E-state index < -0.39 is 11.6 Å². The summed E-state index contributed by atoms with van der Waals surface area (Å²) in [6.45, 7) is 14.9. The molecule has 3 heterocycles. The van der Waals surface area contributed by atoms with Gasteiger partial charge < -0.3 is 19.3 Å². The lowest BCUT2D eigenvalue weighted by molar-refractivity contribution is 0.0222. The summed E-state index contributed by atoms with van der Waals surface area (Å²) in [4.78, 5) is 22.5. The summed E-state index contributed by atoms with van der Waals surface area (Å²) in [6, 6.07) is 32.8. The van der Waals surface area contributed by atoms with Crippen molar-refractivity contribution >= 4 is 28.7 Å². The number of carbonyl (C=O) groups excluding carboxylic acids is 1. The van der Waals surface area contributed by atoms with Gasteiger partial charge in [0.25, 0.3) is 0 Å². The largest absolute Gasteiger partial charge is 0.456 e. The van der Waals surface area contributed by atoms with Gasteiger partial charge in [-0.05, 0) is 99.4 Å². The van der Waals surface area contributed by atoms with Crippen molar-refractivity contribution in [1.29, 1.82) is 0 Å². The Kier molecular flexibility index (Phi) is 10.2. The topological polar surface area (TPSA) is 54.9 Å². The van der Waals surface area contributed by atoms with Gasteiger partial charge in [0.2, 0.25) is 0 Å². The van der Waals surface area contributed by atoms with Crippen LogP contribution in [0.3, 0.4) is 0 Å². The molecule has 2 aliphatic heterocycles. The molecular weight excluding hydrogens is 667 g/mol. The van der Waals surface area contributed by atoms with Crippen molar-refractivity contribution in [1.82, 2.24) is 4.98 Å². The van der Waals surface area contributed by atoms with Crippen molar-refractivity contribution in [2.75, 3.05) is 9.80 Å². The molecule has 0 aliphatic carbocycles. The van der Waals surface area contributed by atoms with Gasteiger partial charge in [0.1, 0.15) is 11.5 Å². The summed E-state index contributed by atoms with van der Waals surface area (Å²) in [6.07, 6.45) is 17.5. The maximum atomic E-state index is 13.6. The predicted octanol–water partition coefficient (Wildman–Crippen LogP) is 12.2. The van der Waals surface area contributed by atoms with Crippen LogP contribution in [0.5, 0.6) is 11.5 Å². The summed E-state index contributed by atoms with van der Waals surface area (Å²) < 4.78 is 13.5. The number of aromatic nitrogens is 1. The van der Waals surface area contributed by atoms with E-state index in [2.05, 4.69) is 103 Å². The average molecular weight is 712 g/mol. The Bertz CT molecular complexity index is 2370. The Morgan fingerprint density at radius 2 is 1.33 bits per heavy atom. The molecule has 6 heteroatoms. The zero-order valence-corrected chi connectivity index (χ0v) is 31.5. The maximum absolute atomic E-state index is 13.6. The third-order valence-corrected chi connectivity index (χ3v) is 10.0. The van der Waals surface area contributed by atoms with Crippen LogP contribution in [0.15, 0.2) is 164 Å². The van der Waals surface area contributed by atoms with Crippen molar-refractivity contribution in [3.63, 3.8) is 0 Å². The van der Waals surface area contributed by atoms with Gasteiger partial charge in [0.05, 0.1) is 0 Å². The molecule has 1 aromatic heterocycles. The summed E-state index contributed by atoms with van der Waals surface area (Å²) in [5, 5.41) is 0. The van der Waals surface area contributed by atoms with E-state index >= 15 is 0 Å². The number of allylic oxidation sites excluding steroid dienone is 8. The van der Waals surface area contributed by atoms with Crippen LogP contribution in [0.1, 0.15) is 72.9 Å². The highest BCUT2D eigenvalue weighted by Crippen LogP contribution is 2.57. The molecule has 0 saturated carbocycles. The molecular formula is C48H45N3O3.